The van der Waals surface area contributed by atoms with Crippen molar-refractivity contribution in [1.82, 2.24) is 4.90 Å². The van der Waals surface area contributed by atoms with Crippen molar-refractivity contribution in [2.75, 3.05) is 20.1 Å². The zero-order valence-corrected chi connectivity index (χ0v) is 9.77. The molecule has 0 aliphatic carbocycles. The highest BCUT2D eigenvalue weighted by atomic mass is 15.1. The number of likely N-dealkylation sites (tertiary alicyclic amines) is 1. The summed E-state index contributed by atoms with van der Waals surface area (Å²) in [7, 11) is 2.24. The zero-order chi connectivity index (χ0) is 9.90. The van der Waals surface area contributed by atoms with Gasteiger partial charge in [-0.05, 0) is 50.7 Å². The zero-order valence-electron chi connectivity index (χ0n) is 9.77. The minimum absolute atomic E-state index is 0.650. The van der Waals surface area contributed by atoms with Gasteiger partial charge in [0, 0.05) is 0 Å². The van der Waals surface area contributed by atoms with Gasteiger partial charge in [-0.3, -0.25) is 0 Å². The smallest absolute Gasteiger partial charge is 0.00166 e. The van der Waals surface area contributed by atoms with Gasteiger partial charge in [-0.15, -0.1) is 0 Å². The normalized spacial score (nSPS) is 23.8. The lowest BCUT2D eigenvalue weighted by molar-refractivity contribution is 0.123. The molecule has 0 aromatic heterocycles. The van der Waals surface area contributed by atoms with Crippen LogP contribution >= 0.6 is 0 Å². The third-order valence-corrected chi connectivity index (χ3v) is 3.52. The molecule has 1 nitrogen and oxygen atoms in total. The molecule has 1 rings (SSSR count). The van der Waals surface area contributed by atoms with Crippen LogP contribution in [0.1, 0.15) is 46.5 Å². The van der Waals surface area contributed by atoms with Gasteiger partial charge in [-0.1, -0.05) is 27.2 Å². The highest BCUT2D eigenvalue weighted by molar-refractivity contribution is 4.81. The van der Waals surface area contributed by atoms with Gasteiger partial charge in [-0.25, -0.2) is 0 Å². The van der Waals surface area contributed by atoms with Gasteiger partial charge < -0.3 is 4.90 Å². The summed E-state index contributed by atoms with van der Waals surface area (Å²) in [6.07, 6.45) is 5.63. The number of piperidine rings is 1. The van der Waals surface area contributed by atoms with Crippen LogP contribution in [-0.4, -0.2) is 25.0 Å². The third-order valence-electron chi connectivity index (χ3n) is 3.52. The Morgan fingerprint density at radius 3 is 2.23 bits per heavy atom. The SMILES string of the molecule is CC(C)CCC1(C)CCN(C)CC1. The average Bonchev–Trinajstić information content (AvgIpc) is 2.08. The third kappa shape index (κ3) is 3.68. The van der Waals surface area contributed by atoms with Gasteiger partial charge in [0.15, 0.2) is 0 Å². The maximum absolute atomic E-state index is 2.47. The van der Waals surface area contributed by atoms with E-state index >= 15 is 0 Å². The van der Waals surface area contributed by atoms with Crippen molar-refractivity contribution in [3.05, 3.63) is 0 Å². The largest absolute Gasteiger partial charge is 0.306 e. The molecule has 0 spiro atoms. The number of rotatable bonds is 3. The summed E-state index contributed by atoms with van der Waals surface area (Å²) < 4.78 is 0. The second kappa shape index (κ2) is 4.45. The van der Waals surface area contributed by atoms with E-state index in [1.807, 2.05) is 0 Å². The highest BCUT2D eigenvalue weighted by Gasteiger charge is 2.28. The van der Waals surface area contributed by atoms with E-state index in [0.29, 0.717) is 5.41 Å². The van der Waals surface area contributed by atoms with Crippen LogP contribution < -0.4 is 0 Å². The molecule has 0 bridgehead atoms. The summed E-state index contributed by atoms with van der Waals surface area (Å²) in [5.74, 6) is 0.872. The second-order valence-electron chi connectivity index (χ2n) is 5.55. The van der Waals surface area contributed by atoms with Crippen LogP contribution in [0.2, 0.25) is 0 Å². The molecule has 0 aromatic carbocycles. The lowest BCUT2D eigenvalue weighted by Gasteiger charge is -2.38. The van der Waals surface area contributed by atoms with Crippen LogP contribution in [0.3, 0.4) is 0 Å². The second-order valence-corrected chi connectivity index (χ2v) is 5.55. The minimum atomic E-state index is 0.650. The van der Waals surface area contributed by atoms with Crippen LogP contribution in [0, 0.1) is 11.3 Å². The Labute approximate surface area is 83.5 Å². The summed E-state index contributed by atoms with van der Waals surface area (Å²) in [4.78, 5) is 2.46. The molecule has 0 aromatic rings. The van der Waals surface area contributed by atoms with E-state index in [4.69, 9.17) is 0 Å². The van der Waals surface area contributed by atoms with Gasteiger partial charge >= 0.3 is 0 Å². The summed E-state index contributed by atoms with van der Waals surface area (Å²) in [5, 5.41) is 0. The standard InChI is InChI=1S/C12H25N/c1-11(2)5-6-12(3)7-9-13(4)10-8-12/h11H,5-10H2,1-4H3. The first-order valence-corrected chi connectivity index (χ1v) is 5.70. The van der Waals surface area contributed by atoms with E-state index in [1.165, 1.54) is 38.8 Å². The van der Waals surface area contributed by atoms with Gasteiger partial charge in [0.25, 0.3) is 0 Å². The summed E-state index contributed by atoms with van der Waals surface area (Å²) >= 11 is 0. The van der Waals surface area contributed by atoms with Crippen LogP contribution in [0.5, 0.6) is 0 Å². The molecule has 0 saturated carbocycles. The van der Waals surface area contributed by atoms with Crippen molar-refractivity contribution < 1.29 is 0 Å². The van der Waals surface area contributed by atoms with Crippen molar-refractivity contribution in [3.63, 3.8) is 0 Å². The monoisotopic (exact) mass is 183 g/mol. The van der Waals surface area contributed by atoms with Crippen LogP contribution in [0.4, 0.5) is 0 Å². The van der Waals surface area contributed by atoms with Crippen molar-refractivity contribution >= 4 is 0 Å². The van der Waals surface area contributed by atoms with E-state index < -0.39 is 0 Å². The fourth-order valence-corrected chi connectivity index (χ4v) is 2.05. The molecule has 0 atom stereocenters. The molecule has 1 aliphatic heterocycles. The lowest BCUT2D eigenvalue weighted by atomic mass is 9.76. The average molecular weight is 183 g/mol. The molecule has 1 fully saturated rings. The topological polar surface area (TPSA) is 3.24 Å². The Hall–Kier alpha value is -0.0400. The van der Waals surface area contributed by atoms with E-state index in [0.717, 1.165) is 5.92 Å². The van der Waals surface area contributed by atoms with Crippen molar-refractivity contribution in [3.8, 4) is 0 Å². The van der Waals surface area contributed by atoms with Crippen LogP contribution in [0.15, 0.2) is 0 Å². The Kier molecular flexibility index (Phi) is 3.78. The van der Waals surface area contributed by atoms with E-state index in [9.17, 15) is 0 Å². The van der Waals surface area contributed by atoms with Crippen LogP contribution in [0.25, 0.3) is 0 Å². The van der Waals surface area contributed by atoms with Crippen molar-refractivity contribution in [1.29, 1.82) is 0 Å². The van der Waals surface area contributed by atoms with Crippen molar-refractivity contribution in [2.45, 2.75) is 46.5 Å². The number of nitrogens with zero attached hydrogens (tertiary/aromatic N) is 1. The molecule has 0 N–H and O–H groups in total. The Balaban J connectivity index is 2.30. The first kappa shape index (κ1) is 11.0. The Morgan fingerprint density at radius 1 is 1.23 bits per heavy atom. The Bertz CT molecular complexity index is 143. The molecule has 0 radical (unpaired) electrons. The molecule has 0 unspecified atom stereocenters. The van der Waals surface area contributed by atoms with Gasteiger partial charge in [0.05, 0.1) is 0 Å². The Morgan fingerprint density at radius 2 is 1.77 bits per heavy atom. The molecule has 78 valence electrons. The first-order chi connectivity index (χ1) is 6.02. The molecule has 1 heteroatoms. The lowest BCUT2D eigenvalue weighted by Crippen LogP contribution is -2.36. The van der Waals surface area contributed by atoms with Gasteiger partial charge in [-0.2, -0.15) is 0 Å². The number of hydrogen-bond acceptors (Lipinski definition) is 1. The molecule has 1 saturated heterocycles. The molecule has 1 heterocycles. The van der Waals surface area contributed by atoms with E-state index in [-0.39, 0.29) is 0 Å². The predicted molar refractivity (Wildman–Crippen MR) is 58.9 cm³/mol. The maximum atomic E-state index is 2.47. The minimum Gasteiger partial charge on any atom is -0.306 e. The van der Waals surface area contributed by atoms with Gasteiger partial charge in [0.1, 0.15) is 0 Å². The van der Waals surface area contributed by atoms with Gasteiger partial charge in [0.2, 0.25) is 0 Å². The highest BCUT2D eigenvalue weighted by Crippen LogP contribution is 2.35. The fourth-order valence-electron chi connectivity index (χ4n) is 2.05. The summed E-state index contributed by atoms with van der Waals surface area (Å²) in [5.41, 5.74) is 0.650. The molecule has 0 amide bonds. The van der Waals surface area contributed by atoms with E-state index in [2.05, 4.69) is 32.7 Å². The number of hydrogen-bond donors (Lipinski definition) is 0. The first-order valence-electron chi connectivity index (χ1n) is 5.70. The molecule has 1 aliphatic rings. The fraction of sp³-hybridized carbons (Fsp3) is 1.00. The summed E-state index contributed by atoms with van der Waals surface area (Å²) in [6, 6.07) is 0. The molecule has 13 heavy (non-hydrogen) atoms. The predicted octanol–water partition coefficient (Wildman–Crippen LogP) is 3.15. The quantitative estimate of drug-likeness (QED) is 0.649. The van der Waals surface area contributed by atoms with Crippen molar-refractivity contribution in [2.24, 2.45) is 11.3 Å². The molecular formula is C12H25N. The van der Waals surface area contributed by atoms with E-state index in [1.54, 1.807) is 0 Å². The maximum Gasteiger partial charge on any atom is -0.00166 e. The van der Waals surface area contributed by atoms with Crippen LogP contribution in [-0.2, 0) is 0 Å². The molecular weight excluding hydrogens is 158 g/mol. The summed E-state index contributed by atoms with van der Waals surface area (Å²) in [6.45, 7) is 9.74.